The molecule has 0 spiro atoms. The number of nitrogens with one attached hydrogen (secondary N) is 1. The summed E-state index contributed by atoms with van der Waals surface area (Å²) in [7, 11) is 1.28. The number of amides is 1. The van der Waals surface area contributed by atoms with Crippen LogP contribution in [0.15, 0.2) is 61.2 Å². The number of rotatable bonds is 5. The van der Waals surface area contributed by atoms with Gasteiger partial charge in [-0.2, -0.15) is 0 Å². The molecule has 1 aromatic heterocycles. The van der Waals surface area contributed by atoms with Gasteiger partial charge in [-0.1, -0.05) is 0 Å². The highest BCUT2D eigenvalue weighted by Crippen LogP contribution is 2.24. The molecule has 0 aliphatic carbocycles. The predicted octanol–water partition coefficient (Wildman–Crippen LogP) is 2.82. The molecule has 0 radical (unpaired) electrons. The molecule has 0 bridgehead atoms. The fourth-order valence-corrected chi connectivity index (χ4v) is 2.44. The summed E-state index contributed by atoms with van der Waals surface area (Å²) < 4.78 is 6.10. The van der Waals surface area contributed by atoms with Crippen molar-refractivity contribution in [3.05, 3.63) is 82.4 Å². The summed E-state index contributed by atoms with van der Waals surface area (Å²) in [6.45, 7) is 0. The van der Waals surface area contributed by atoms with Crippen molar-refractivity contribution >= 4 is 23.3 Å². The number of carbonyl (C=O) groups excluding carboxylic acids is 2. The highest BCUT2D eigenvalue weighted by atomic mass is 16.6. The van der Waals surface area contributed by atoms with Crippen LogP contribution in [0.3, 0.4) is 0 Å². The molecule has 0 fully saturated rings. The minimum Gasteiger partial charge on any atom is -0.465 e. The Hall–Kier alpha value is -4.01. The van der Waals surface area contributed by atoms with E-state index in [-0.39, 0.29) is 11.3 Å². The topological polar surface area (TPSA) is 116 Å². The van der Waals surface area contributed by atoms with Gasteiger partial charge in [0.15, 0.2) is 0 Å². The molecule has 27 heavy (non-hydrogen) atoms. The molecule has 1 heterocycles. The van der Waals surface area contributed by atoms with Crippen LogP contribution in [0.1, 0.15) is 20.7 Å². The van der Waals surface area contributed by atoms with Crippen LogP contribution in [-0.4, -0.2) is 33.5 Å². The van der Waals surface area contributed by atoms with Gasteiger partial charge in [0.1, 0.15) is 5.69 Å². The number of nitro benzene ring substituents is 1. The zero-order chi connectivity index (χ0) is 19.4. The summed E-state index contributed by atoms with van der Waals surface area (Å²) in [5, 5.41) is 14.0. The molecule has 2 aromatic carbocycles. The number of benzene rings is 2. The Morgan fingerprint density at radius 3 is 2.44 bits per heavy atom. The fourth-order valence-electron chi connectivity index (χ4n) is 2.44. The van der Waals surface area contributed by atoms with Gasteiger partial charge in [-0.3, -0.25) is 14.9 Å². The number of methoxy groups -OCH3 is 1. The number of anilines is 1. The van der Waals surface area contributed by atoms with Crippen LogP contribution in [0.25, 0.3) is 5.69 Å². The lowest BCUT2D eigenvalue weighted by Gasteiger charge is -2.08. The van der Waals surface area contributed by atoms with Crippen molar-refractivity contribution in [2.75, 3.05) is 12.4 Å². The summed E-state index contributed by atoms with van der Waals surface area (Å²) >= 11 is 0. The third-order valence-electron chi connectivity index (χ3n) is 3.78. The molecule has 0 aliphatic heterocycles. The van der Waals surface area contributed by atoms with E-state index in [0.717, 1.165) is 0 Å². The van der Waals surface area contributed by atoms with E-state index in [1.807, 2.05) is 0 Å². The summed E-state index contributed by atoms with van der Waals surface area (Å²) in [5.74, 6) is -1.00. The molecule has 1 N–H and O–H groups in total. The lowest BCUT2D eigenvalue weighted by molar-refractivity contribution is -0.384. The minimum absolute atomic E-state index is 0.127. The molecule has 0 atom stereocenters. The molecule has 1 amide bonds. The molecule has 136 valence electrons. The van der Waals surface area contributed by atoms with Crippen molar-refractivity contribution in [3.8, 4) is 5.69 Å². The van der Waals surface area contributed by atoms with Gasteiger partial charge < -0.3 is 14.6 Å². The first-order valence-electron chi connectivity index (χ1n) is 7.76. The molecule has 3 rings (SSSR count). The number of carbonyl (C=O) groups is 2. The molecular formula is C18H14N4O5. The van der Waals surface area contributed by atoms with Crippen molar-refractivity contribution in [1.82, 2.24) is 9.55 Å². The van der Waals surface area contributed by atoms with Gasteiger partial charge in [0.2, 0.25) is 0 Å². The maximum absolute atomic E-state index is 12.4. The molecule has 9 heteroatoms. The normalized spacial score (nSPS) is 10.3. The summed E-state index contributed by atoms with van der Waals surface area (Å²) in [4.78, 5) is 38.5. The average molecular weight is 366 g/mol. The highest BCUT2D eigenvalue weighted by molar-refractivity contribution is 6.05. The Balaban J connectivity index is 1.83. The number of ether oxygens (including phenoxy) is 1. The third kappa shape index (κ3) is 3.82. The summed E-state index contributed by atoms with van der Waals surface area (Å²) in [6, 6.07) is 10.3. The molecule has 0 aliphatic rings. The van der Waals surface area contributed by atoms with Gasteiger partial charge in [0, 0.05) is 29.7 Å². The monoisotopic (exact) mass is 366 g/mol. The Labute approximate surface area is 153 Å². The number of aromatic nitrogens is 2. The van der Waals surface area contributed by atoms with Crippen LogP contribution in [-0.2, 0) is 4.74 Å². The first-order chi connectivity index (χ1) is 13.0. The van der Waals surface area contributed by atoms with Crippen LogP contribution in [0.5, 0.6) is 0 Å². The molecule has 9 nitrogen and oxygen atoms in total. The Morgan fingerprint density at radius 1 is 1.15 bits per heavy atom. The molecule has 0 unspecified atom stereocenters. The van der Waals surface area contributed by atoms with E-state index >= 15 is 0 Å². The summed E-state index contributed by atoms with van der Waals surface area (Å²) in [6.07, 6.45) is 4.51. The number of imidazole rings is 1. The van der Waals surface area contributed by atoms with Gasteiger partial charge in [-0.05, 0) is 36.4 Å². The van der Waals surface area contributed by atoms with Crippen molar-refractivity contribution < 1.29 is 19.2 Å². The van der Waals surface area contributed by atoms with Gasteiger partial charge in [0.05, 0.1) is 23.9 Å². The van der Waals surface area contributed by atoms with Gasteiger partial charge in [0.25, 0.3) is 11.6 Å². The largest absolute Gasteiger partial charge is 0.465 e. The van der Waals surface area contributed by atoms with Crippen molar-refractivity contribution in [2.45, 2.75) is 0 Å². The standard InChI is InChI=1S/C18H14N4O5/c1-27-18(24)12-2-5-14(6-3-12)20-17(23)13-4-7-15(16(10-13)22(25)26)21-9-8-19-11-21/h2-11H,1H3,(H,20,23). The van der Waals surface area contributed by atoms with E-state index in [0.29, 0.717) is 16.9 Å². The van der Waals surface area contributed by atoms with Crippen molar-refractivity contribution in [1.29, 1.82) is 0 Å². The molecular weight excluding hydrogens is 352 g/mol. The smallest absolute Gasteiger partial charge is 0.337 e. The lowest BCUT2D eigenvalue weighted by Crippen LogP contribution is -2.13. The predicted molar refractivity (Wildman–Crippen MR) is 96.0 cm³/mol. The SMILES string of the molecule is COC(=O)c1ccc(NC(=O)c2ccc(-n3ccnc3)c([N+](=O)[O-])c2)cc1. The lowest BCUT2D eigenvalue weighted by atomic mass is 10.1. The Bertz CT molecular complexity index is 997. The zero-order valence-electron chi connectivity index (χ0n) is 14.2. The van der Waals surface area contributed by atoms with Crippen LogP contribution in [0.4, 0.5) is 11.4 Å². The van der Waals surface area contributed by atoms with E-state index in [9.17, 15) is 19.7 Å². The molecule has 3 aromatic rings. The van der Waals surface area contributed by atoms with E-state index in [4.69, 9.17) is 0 Å². The second kappa shape index (κ2) is 7.48. The number of nitrogens with zero attached hydrogens (tertiary/aromatic N) is 3. The first kappa shape index (κ1) is 17.8. The summed E-state index contributed by atoms with van der Waals surface area (Å²) in [5.41, 5.74) is 0.991. The maximum Gasteiger partial charge on any atom is 0.337 e. The van der Waals surface area contributed by atoms with Crippen molar-refractivity contribution in [3.63, 3.8) is 0 Å². The zero-order valence-corrected chi connectivity index (χ0v) is 14.2. The van der Waals surface area contributed by atoms with Gasteiger partial charge >= 0.3 is 5.97 Å². The first-order valence-corrected chi connectivity index (χ1v) is 7.76. The van der Waals surface area contributed by atoms with E-state index in [1.165, 1.54) is 54.5 Å². The quantitative estimate of drug-likeness (QED) is 0.422. The van der Waals surface area contributed by atoms with Gasteiger partial charge in [-0.25, -0.2) is 9.78 Å². The van der Waals surface area contributed by atoms with Crippen LogP contribution in [0, 0.1) is 10.1 Å². The second-order valence-corrected chi connectivity index (χ2v) is 5.45. The van der Waals surface area contributed by atoms with Gasteiger partial charge in [-0.15, -0.1) is 0 Å². The van der Waals surface area contributed by atoms with E-state index < -0.39 is 16.8 Å². The second-order valence-electron chi connectivity index (χ2n) is 5.45. The van der Waals surface area contributed by atoms with Crippen LogP contribution >= 0.6 is 0 Å². The molecule has 0 saturated carbocycles. The van der Waals surface area contributed by atoms with Crippen molar-refractivity contribution in [2.24, 2.45) is 0 Å². The minimum atomic E-state index is -0.558. The fraction of sp³-hybridized carbons (Fsp3) is 0.0556. The Morgan fingerprint density at radius 2 is 1.85 bits per heavy atom. The number of nitro groups is 1. The average Bonchev–Trinajstić information content (AvgIpc) is 3.22. The third-order valence-corrected chi connectivity index (χ3v) is 3.78. The van der Waals surface area contributed by atoms with E-state index in [1.54, 1.807) is 18.3 Å². The number of hydrogen-bond donors (Lipinski definition) is 1. The Kier molecular flexibility index (Phi) is 4.93. The highest BCUT2D eigenvalue weighted by Gasteiger charge is 2.19. The number of hydrogen-bond acceptors (Lipinski definition) is 6. The number of esters is 1. The van der Waals surface area contributed by atoms with E-state index in [2.05, 4.69) is 15.0 Å². The maximum atomic E-state index is 12.4. The van der Waals surface area contributed by atoms with Crippen LogP contribution in [0.2, 0.25) is 0 Å². The molecule has 0 saturated heterocycles. The van der Waals surface area contributed by atoms with Crippen LogP contribution < -0.4 is 5.32 Å².